The highest BCUT2D eigenvalue weighted by molar-refractivity contribution is 5.56. The van der Waals surface area contributed by atoms with Gasteiger partial charge in [-0.2, -0.15) is 14.9 Å². The van der Waals surface area contributed by atoms with E-state index in [1.165, 1.54) is 0 Å². The van der Waals surface area contributed by atoms with E-state index < -0.39 is 0 Å². The minimum absolute atomic E-state index is 0.0318. The number of rotatable bonds is 2. The smallest absolute Gasteiger partial charge is 0.177 e. The first-order valence-corrected chi connectivity index (χ1v) is 10.9. The summed E-state index contributed by atoms with van der Waals surface area (Å²) in [4.78, 5) is 7.10. The quantitative estimate of drug-likeness (QED) is 0.632. The van der Waals surface area contributed by atoms with Crippen molar-refractivity contribution < 1.29 is 4.74 Å². The third-order valence-corrected chi connectivity index (χ3v) is 6.25. The lowest BCUT2D eigenvalue weighted by Gasteiger charge is -2.33. The minimum atomic E-state index is -0.0318. The van der Waals surface area contributed by atoms with Crippen LogP contribution in [-0.4, -0.2) is 44.5 Å². The molecular weight excluding hydrogens is 390 g/mol. The molecule has 1 fully saturated rings. The van der Waals surface area contributed by atoms with Crippen LogP contribution in [0.15, 0.2) is 18.2 Å². The molecule has 5 rings (SSSR count). The summed E-state index contributed by atoms with van der Waals surface area (Å²) in [6.45, 7) is 9.38. The number of piperidine rings is 1. The molecule has 3 aromatic rings. The van der Waals surface area contributed by atoms with Gasteiger partial charge >= 0.3 is 0 Å². The Labute approximate surface area is 181 Å². The number of aromatic nitrogens is 5. The first kappa shape index (κ1) is 19.9. The Morgan fingerprint density at radius 2 is 1.97 bits per heavy atom. The summed E-state index contributed by atoms with van der Waals surface area (Å²) in [7, 11) is 0. The molecule has 0 bridgehead atoms. The molecule has 0 spiro atoms. The van der Waals surface area contributed by atoms with Crippen molar-refractivity contribution in [2.24, 2.45) is 0 Å². The molecule has 2 aliphatic rings. The molecular formula is C23H27N7O. The van der Waals surface area contributed by atoms with Crippen LogP contribution < -0.4 is 4.90 Å². The summed E-state index contributed by atoms with van der Waals surface area (Å²) < 4.78 is 7.43. The predicted octanol–water partition coefficient (Wildman–Crippen LogP) is 3.15. The van der Waals surface area contributed by atoms with E-state index in [9.17, 15) is 5.26 Å². The molecule has 160 valence electrons. The number of ether oxygens (including phenoxy) is 1. The third-order valence-electron chi connectivity index (χ3n) is 6.25. The normalized spacial score (nSPS) is 17.5. The highest BCUT2D eigenvalue weighted by atomic mass is 16.5. The SMILES string of the molecule is CC(C)(C)c1ccc2nnc(C3CCN(c4nc5c(cc4C#N)COCC5)CC3)n2n1. The lowest BCUT2D eigenvalue weighted by Crippen LogP contribution is -2.35. The Bertz CT molecular complexity index is 1160. The number of nitriles is 1. The van der Waals surface area contributed by atoms with E-state index >= 15 is 0 Å². The molecule has 0 atom stereocenters. The zero-order valence-corrected chi connectivity index (χ0v) is 18.3. The zero-order chi connectivity index (χ0) is 21.6. The highest BCUT2D eigenvalue weighted by Crippen LogP contribution is 2.32. The summed E-state index contributed by atoms with van der Waals surface area (Å²) in [5.41, 5.74) is 4.51. The molecule has 1 saturated heterocycles. The van der Waals surface area contributed by atoms with Gasteiger partial charge in [0.1, 0.15) is 11.9 Å². The van der Waals surface area contributed by atoms with Crippen LogP contribution >= 0.6 is 0 Å². The monoisotopic (exact) mass is 417 g/mol. The molecule has 5 heterocycles. The van der Waals surface area contributed by atoms with Crippen LogP contribution in [0.3, 0.4) is 0 Å². The largest absolute Gasteiger partial charge is 0.376 e. The molecule has 0 radical (unpaired) electrons. The predicted molar refractivity (Wildman–Crippen MR) is 116 cm³/mol. The molecule has 0 amide bonds. The average molecular weight is 418 g/mol. The Morgan fingerprint density at radius 1 is 1.16 bits per heavy atom. The van der Waals surface area contributed by atoms with Gasteiger partial charge < -0.3 is 9.64 Å². The Hall–Kier alpha value is -3.05. The van der Waals surface area contributed by atoms with Crippen LogP contribution in [0.1, 0.15) is 67.9 Å². The summed E-state index contributed by atoms with van der Waals surface area (Å²) >= 11 is 0. The van der Waals surface area contributed by atoms with Gasteiger partial charge in [0.05, 0.1) is 30.2 Å². The third kappa shape index (κ3) is 3.63. The molecule has 8 heteroatoms. The van der Waals surface area contributed by atoms with Gasteiger partial charge in [-0.15, -0.1) is 10.2 Å². The molecule has 2 aliphatic heterocycles. The molecule has 8 nitrogen and oxygen atoms in total. The van der Waals surface area contributed by atoms with E-state index in [1.807, 2.05) is 22.7 Å². The number of nitrogens with zero attached hydrogens (tertiary/aromatic N) is 7. The van der Waals surface area contributed by atoms with E-state index in [2.05, 4.69) is 41.9 Å². The van der Waals surface area contributed by atoms with E-state index in [0.717, 1.165) is 66.6 Å². The number of hydrogen-bond acceptors (Lipinski definition) is 7. The summed E-state index contributed by atoms with van der Waals surface area (Å²) in [6.07, 6.45) is 2.65. The second kappa shape index (κ2) is 7.57. The maximum absolute atomic E-state index is 9.68. The number of fused-ring (bicyclic) bond motifs is 2. The Kier molecular flexibility index (Phi) is 4.86. The number of anilines is 1. The van der Waals surface area contributed by atoms with Crippen LogP contribution in [-0.2, 0) is 23.2 Å². The second-order valence-electron chi connectivity index (χ2n) is 9.44. The summed E-state index contributed by atoms with van der Waals surface area (Å²) in [6, 6.07) is 8.31. The van der Waals surface area contributed by atoms with Gasteiger partial charge in [0.15, 0.2) is 11.5 Å². The van der Waals surface area contributed by atoms with Crippen molar-refractivity contribution in [1.82, 2.24) is 24.8 Å². The van der Waals surface area contributed by atoms with Crippen molar-refractivity contribution in [2.45, 2.75) is 58.0 Å². The first-order valence-electron chi connectivity index (χ1n) is 10.9. The second-order valence-corrected chi connectivity index (χ2v) is 9.44. The highest BCUT2D eigenvalue weighted by Gasteiger charge is 2.28. The molecule has 0 unspecified atom stereocenters. The van der Waals surface area contributed by atoms with Crippen LogP contribution in [0.25, 0.3) is 5.65 Å². The summed E-state index contributed by atoms with van der Waals surface area (Å²) in [5.74, 6) is 2.02. The van der Waals surface area contributed by atoms with E-state index in [1.54, 1.807) is 0 Å². The van der Waals surface area contributed by atoms with Gasteiger partial charge in [0, 0.05) is 36.4 Å². The molecule has 0 N–H and O–H groups in total. The van der Waals surface area contributed by atoms with Crippen LogP contribution in [0.5, 0.6) is 0 Å². The number of hydrogen-bond donors (Lipinski definition) is 0. The first-order chi connectivity index (χ1) is 14.9. The van der Waals surface area contributed by atoms with Crippen LogP contribution in [0, 0.1) is 11.3 Å². The number of pyridine rings is 1. The lowest BCUT2D eigenvalue weighted by molar-refractivity contribution is 0.109. The topological polar surface area (TPSA) is 92.2 Å². The maximum Gasteiger partial charge on any atom is 0.177 e. The molecule has 0 aromatic carbocycles. The molecule has 3 aromatic heterocycles. The maximum atomic E-state index is 9.68. The molecule has 0 aliphatic carbocycles. The van der Waals surface area contributed by atoms with Crippen molar-refractivity contribution >= 4 is 11.5 Å². The van der Waals surface area contributed by atoms with Gasteiger partial charge in [-0.1, -0.05) is 20.8 Å². The Balaban J connectivity index is 1.38. The fourth-order valence-corrected chi connectivity index (χ4v) is 4.41. The average Bonchev–Trinajstić information content (AvgIpc) is 3.21. The lowest BCUT2D eigenvalue weighted by atomic mass is 9.92. The van der Waals surface area contributed by atoms with Gasteiger partial charge in [0.2, 0.25) is 0 Å². The van der Waals surface area contributed by atoms with Gasteiger partial charge in [-0.3, -0.25) is 0 Å². The van der Waals surface area contributed by atoms with Crippen molar-refractivity contribution in [2.75, 3.05) is 24.6 Å². The van der Waals surface area contributed by atoms with Gasteiger partial charge in [0.25, 0.3) is 0 Å². The standard InChI is InChI=1S/C23H27N7O/c1-23(2,3)19-4-5-20-26-27-22(30(20)28-19)15-6-9-29(10-7-15)21-16(13-24)12-17-14-31-11-8-18(17)25-21/h4-5,12,15H,6-11,14H2,1-3H3. The van der Waals surface area contributed by atoms with Crippen LogP contribution in [0.2, 0.25) is 0 Å². The minimum Gasteiger partial charge on any atom is -0.376 e. The molecule has 31 heavy (non-hydrogen) atoms. The van der Waals surface area contributed by atoms with Gasteiger partial charge in [-0.25, -0.2) is 4.98 Å². The van der Waals surface area contributed by atoms with Crippen molar-refractivity contribution in [3.8, 4) is 6.07 Å². The van der Waals surface area contributed by atoms with E-state index in [0.29, 0.717) is 18.8 Å². The van der Waals surface area contributed by atoms with E-state index in [4.69, 9.17) is 14.8 Å². The fourth-order valence-electron chi connectivity index (χ4n) is 4.41. The van der Waals surface area contributed by atoms with Crippen molar-refractivity contribution in [1.29, 1.82) is 5.26 Å². The van der Waals surface area contributed by atoms with Crippen LogP contribution in [0.4, 0.5) is 5.82 Å². The Morgan fingerprint density at radius 3 is 2.71 bits per heavy atom. The van der Waals surface area contributed by atoms with Crippen molar-refractivity contribution in [3.05, 3.63) is 46.5 Å². The molecule has 0 saturated carbocycles. The zero-order valence-electron chi connectivity index (χ0n) is 18.3. The van der Waals surface area contributed by atoms with E-state index in [-0.39, 0.29) is 11.3 Å². The van der Waals surface area contributed by atoms with Crippen molar-refractivity contribution in [3.63, 3.8) is 0 Å². The summed E-state index contributed by atoms with van der Waals surface area (Å²) in [5, 5.41) is 23.3. The van der Waals surface area contributed by atoms with Gasteiger partial charge in [-0.05, 0) is 31.0 Å². The fraction of sp³-hybridized carbons (Fsp3) is 0.522.